The number of aryl methyl sites for hydroxylation is 3. The number of fused-ring (bicyclic) bond motifs is 1. The molecule has 0 bridgehead atoms. The van der Waals surface area contributed by atoms with Gasteiger partial charge in [-0.25, -0.2) is 0 Å². The van der Waals surface area contributed by atoms with Crippen LogP contribution in [0.15, 0.2) is 42.5 Å². The van der Waals surface area contributed by atoms with Gasteiger partial charge in [0.15, 0.2) is 5.78 Å². The summed E-state index contributed by atoms with van der Waals surface area (Å²) in [4.78, 5) is 14.7. The molecule has 0 unspecified atom stereocenters. The molecule has 0 N–H and O–H groups in total. The number of carbonyl (C=O) groups is 1. The van der Waals surface area contributed by atoms with Crippen molar-refractivity contribution in [2.75, 3.05) is 18.0 Å². The number of nitrogens with zero attached hydrogens (tertiary/aromatic N) is 1. The normalized spacial score (nSPS) is 13.9. The summed E-state index contributed by atoms with van der Waals surface area (Å²) in [6.45, 7) is 5.58. The van der Waals surface area contributed by atoms with Crippen LogP contribution in [0, 0.1) is 13.8 Å². The van der Waals surface area contributed by atoms with Gasteiger partial charge in [0.2, 0.25) is 0 Å². The first-order chi connectivity index (χ1) is 10.1. The molecule has 1 heterocycles. The fraction of sp³-hybridized carbons (Fsp3) is 0.316. The van der Waals surface area contributed by atoms with Crippen LogP contribution < -0.4 is 4.90 Å². The van der Waals surface area contributed by atoms with Crippen molar-refractivity contribution in [2.45, 2.75) is 26.7 Å². The molecule has 1 aliphatic rings. The van der Waals surface area contributed by atoms with Crippen molar-refractivity contribution in [3.8, 4) is 0 Å². The van der Waals surface area contributed by atoms with E-state index in [4.69, 9.17) is 0 Å². The average Bonchev–Trinajstić information content (AvgIpc) is 2.47. The summed E-state index contributed by atoms with van der Waals surface area (Å²) >= 11 is 0. The fourth-order valence-electron chi connectivity index (χ4n) is 3.05. The third-order valence-electron chi connectivity index (χ3n) is 4.12. The van der Waals surface area contributed by atoms with Gasteiger partial charge in [-0.05, 0) is 44.4 Å². The van der Waals surface area contributed by atoms with Crippen molar-refractivity contribution in [1.82, 2.24) is 0 Å². The second-order valence-electron chi connectivity index (χ2n) is 5.95. The van der Waals surface area contributed by atoms with E-state index in [0.717, 1.165) is 30.5 Å². The Morgan fingerprint density at radius 3 is 2.71 bits per heavy atom. The quantitative estimate of drug-likeness (QED) is 0.793. The van der Waals surface area contributed by atoms with E-state index in [1.165, 1.54) is 16.8 Å². The van der Waals surface area contributed by atoms with Gasteiger partial charge < -0.3 is 4.90 Å². The molecule has 21 heavy (non-hydrogen) atoms. The Bertz CT molecular complexity index is 675. The highest BCUT2D eigenvalue weighted by Gasteiger charge is 2.19. The number of hydrogen-bond donors (Lipinski definition) is 0. The smallest absolute Gasteiger partial charge is 0.182 e. The summed E-state index contributed by atoms with van der Waals surface area (Å²) in [6, 6.07) is 14.4. The molecule has 0 aliphatic carbocycles. The predicted molar refractivity (Wildman–Crippen MR) is 87.2 cm³/mol. The molecule has 0 saturated carbocycles. The van der Waals surface area contributed by atoms with Crippen LogP contribution >= 0.6 is 0 Å². The van der Waals surface area contributed by atoms with Gasteiger partial charge in [0.05, 0.1) is 6.54 Å². The van der Waals surface area contributed by atoms with Gasteiger partial charge in [-0.2, -0.15) is 0 Å². The zero-order valence-corrected chi connectivity index (χ0v) is 12.7. The molecular formula is C19H21NO. The summed E-state index contributed by atoms with van der Waals surface area (Å²) in [7, 11) is 0. The molecule has 0 spiro atoms. The summed E-state index contributed by atoms with van der Waals surface area (Å²) in [5.74, 6) is 0.201. The second kappa shape index (κ2) is 5.72. The predicted octanol–water partition coefficient (Wildman–Crippen LogP) is 3.94. The van der Waals surface area contributed by atoms with E-state index in [9.17, 15) is 4.79 Å². The average molecular weight is 279 g/mol. The van der Waals surface area contributed by atoms with Crippen LogP contribution in [0.5, 0.6) is 0 Å². The van der Waals surface area contributed by atoms with Crippen molar-refractivity contribution < 1.29 is 4.79 Å². The lowest BCUT2D eigenvalue weighted by Gasteiger charge is -2.31. The Labute approximate surface area is 126 Å². The molecule has 0 fully saturated rings. The van der Waals surface area contributed by atoms with Gasteiger partial charge in [-0.3, -0.25) is 4.79 Å². The van der Waals surface area contributed by atoms with E-state index >= 15 is 0 Å². The molecule has 2 aromatic rings. The van der Waals surface area contributed by atoms with Crippen molar-refractivity contribution in [3.63, 3.8) is 0 Å². The Balaban J connectivity index is 1.82. The molecule has 2 heteroatoms. The Hall–Kier alpha value is -2.09. The first-order valence-corrected chi connectivity index (χ1v) is 7.58. The maximum Gasteiger partial charge on any atom is 0.182 e. The van der Waals surface area contributed by atoms with Crippen molar-refractivity contribution in [1.29, 1.82) is 0 Å². The number of ketones is 1. The fourth-order valence-corrected chi connectivity index (χ4v) is 3.05. The minimum atomic E-state index is 0.201. The summed E-state index contributed by atoms with van der Waals surface area (Å²) < 4.78 is 0. The SMILES string of the molecule is Cc1cccc(C(=O)CN2CCCc3cc(C)ccc32)c1. The molecule has 108 valence electrons. The van der Waals surface area contributed by atoms with E-state index in [0.29, 0.717) is 6.54 Å². The van der Waals surface area contributed by atoms with Gasteiger partial charge in [0.25, 0.3) is 0 Å². The number of Topliss-reactive ketones (excluding diaryl/α,β-unsaturated/α-hetero) is 1. The maximum absolute atomic E-state index is 12.5. The van der Waals surface area contributed by atoms with Crippen molar-refractivity contribution >= 4 is 11.5 Å². The number of rotatable bonds is 3. The van der Waals surface area contributed by atoms with E-state index in [-0.39, 0.29) is 5.78 Å². The monoisotopic (exact) mass is 279 g/mol. The zero-order chi connectivity index (χ0) is 14.8. The topological polar surface area (TPSA) is 20.3 Å². The molecule has 2 aromatic carbocycles. The maximum atomic E-state index is 12.5. The van der Waals surface area contributed by atoms with E-state index in [2.05, 4.69) is 30.0 Å². The third kappa shape index (κ3) is 2.99. The summed E-state index contributed by atoms with van der Waals surface area (Å²) in [5, 5.41) is 0. The van der Waals surface area contributed by atoms with Gasteiger partial charge in [-0.1, -0.05) is 41.5 Å². The second-order valence-corrected chi connectivity index (χ2v) is 5.95. The Kier molecular flexibility index (Phi) is 3.78. The molecule has 0 saturated heterocycles. The van der Waals surface area contributed by atoms with Gasteiger partial charge in [-0.15, -0.1) is 0 Å². The largest absolute Gasteiger partial charge is 0.364 e. The van der Waals surface area contributed by atoms with Crippen LogP contribution in [0.3, 0.4) is 0 Å². The van der Waals surface area contributed by atoms with Crippen LogP contribution in [0.25, 0.3) is 0 Å². The van der Waals surface area contributed by atoms with E-state index in [1.807, 2.05) is 31.2 Å². The first-order valence-electron chi connectivity index (χ1n) is 7.58. The standard InChI is InChI=1S/C19H21NO/c1-14-5-3-6-17(12-14)19(21)13-20-10-4-7-16-11-15(2)8-9-18(16)20/h3,5-6,8-9,11-12H,4,7,10,13H2,1-2H3. The summed E-state index contributed by atoms with van der Waals surface area (Å²) in [6.07, 6.45) is 2.24. The van der Waals surface area contributed by atoms with Crippen LogP contribution in [0.4, 0.5) is 5.69 Å². The molecule has 0 atom stereocenters. The highest BCUT2D eigenvalue weighted by atomic mass is 16.1. The highest BCUT2D eigenvalue weighted by molar-refractivity contribution is 5.99. The van der Waals surface area contributed by atoms with Crippen molar-refractivity contribution in [3.05, 3.63) is 64.7 Å². The number of carbonyl (C=O) groups excluding carboxylic acids is 1. The van der Waals surface area contributed by atoms with Crippen LogP contribution in [-0.4, -0.2) is 18.9 Å². The van der Waals surface area contributed by atoms with Gasteiger partial charge in [0.1, 0.15) is 0 Å². The molecule has 0 aromatic heterocycles. The Morgan fingerprint density at radius 2 is 1.90 bits per heavy atom. The molecular weight excluding hydrogens is 258 g/mol. The lowest BCUT2D eigenvalue weighted by molar-refractivity contribution is 0.0998. The zero-order valence-electron chi connectivity index (χ0n) is 12.7. The minimum Gasteiger partial charge on any atom is -0.364 e. The lowest BCUT2D eigenvalue weighted by Crippen LogP contribution is -2.34. The van der Waals surface area contributed by atoms with Crippen molar-refractivity contribution in [2.24, 2.45) is 0 Å². The minimum absolute atomic E-state index is 0.201. The van der Waals surface area contributed by atoms with Crippen LogP contribution in [-0.2, 0) is 6.42 Å². The molecule has 1 aliphatic heterocycles. The summed E-state index contributed by atoms with van der Waals surface area (Å²) in [5.41, 5.74) is 5.84. The third-order valence-corrected chi connectivity index (χ3v) is 4.12. The van der Waals surface area contributed by atoms with Crippen LogP contribution in [0.1, 0.15) is 33.5 Å². The van der Waals surface area contributed by atoms with E-state index < -0.39 is 0 Å². The van der Waals surface area contributed by atoms with Crippen LogP contribution in [0.2, 0.25) is 0 Å². The number of hydrogen-bond acceptors (Lipinski definition) is 2. The number of benzene rings is 2. The number of anilines is 1. The van der Waals surface area contributed by atoms with Gasteiger partial charge in [0, 0.05) is 17.8 Å². The Morgan fingerprint density at radius 1 is 1.10 bits per heavy atom. The van der Waals surface area contributed by atoms with Gasteiger partial charge >= 0.3 is 0 Å². The molecule has 2 nitrogen and oxygen atoms in total. The lowest BCUT2D eigenvalue weighted by atomic mass is 9.98. The molecule has 3 rings (SSSR count). The molecule has 0 amide bonds. The van der Waals surface area contributed by atoms with E-state index in [1.54, 1.807) is 0 Å². The first kappa shape index (κ1) is 13.9. The highest BCUT2D eigenvalue weighted by Crippen LogP contribution is 2.28. The molecule has 0 radical (unpaired) electrons.